The van der Waals surface area contributed by atoms with E-state index in [1.165, 1.54) is 7.11 Å². The van der Waals surface area contributed by atoms with Gasteiger partial charge in [0.05, 0.1) is 20.3 Å². The van der Waals surface area contributed by atoms with Gasteiger partial charge in [0.15, 0.2) is 0 Å². The fourth-order valence-electron chi connectivity index (χ4n) is 3.47. The van der Waals surface area contributed by atoms with Crippen molar-refractivity contribution in [2.24, 2.45) is 0 Å². The van der Waals surface area contributed by atoms with Crippen molar-refractivity contribution in [1.82, 2.24) is 9.80 Å². The number of rotatable bonds is 5. The highest BCUT2D eigenvalue weighted by Gasteiger charge is 2.50. The number of carbonyl (C=O) groups excluding carboxylic acids is 1. The van der Waals surface area contributed by atoms with Crippen LogP contribution in [0.25, 0.3) is 0 Å². The maximum atomic E-state index is 13.7. The Hall–Kier alpha value is -1.73. The van der Waals surface area contributed by atoms with Crippen molar-refractivity contribution in [1.29, 1.82) is 0 Å². The predicted octanol–water partition coefficient (Wildman–Crippen LogP) is 1.88. The number of amides is 1. The van der Waals surface area contributed by atoms with Crippen LogP contribution in [0.5, 0.6) is 5.75 Å². The molecule has 5 nitrogen and oxygen atoms in total. The number of halogens is 2. The van der Waals surface area contributed by atoms with Crippen LogP contribution in [0, 0.1) is 0 Å². The van der Waals surface area contributed by atoms with Crippen molar-refractivity contribution >= 4 is 5.91 Å². The zero-order chi connectivity index (χ0) is 17.3. The van der Waals surface area contributed by atoms with E-state index in [1.54, 1.807) is 41.2 Å². The molecular weight excluding hydrogens is 318 g/mol. The van der Waals surface area contributed by atoms with E-state index in [0.717, 1.165) is 0 Å². The summed E-state index contributed by atoms with van der Waals surface area (Å²) < 4.78 is 37.6. The van der Waals surface area contributed by atoms with Crippen LogP contribution in [0.4, 0.5) is 8.78 Å². The molecule has 0 spiro atoms. The van der Waals surface area contributed by atoms with Crippen molar-refractivity contribution in [2.75, 3.05) is 40.5 Å². The predicted molar refractivity (Wildman–Crippen MR) is 84.6 cm³/mol. The van der Waals surface area contributed by atoms with Gasteiger partial charge in [-0.1, -0.05) is 6.07 Å². The van der Waals surface area contributed by atoms with E-state index in [9.17, 15) is 13.6 Å². The molecule has 0 saturated carbocycles. The summed E-state index contributed by atoms with van der Waals surface area (Å²) in [6, 6.07) is 6.64. The van der Waals surface area contributed by atoms with Crippen LogP contribution in [-0.4, -0.2) is 74.2 Å². The Kier molecular flexibility index (Phi) is 4.73. The van der Waals surface area contributed by atoms with Gasteiger partial charge in [-0.3, -0.25) is 9.69 Å². The second kappa shape index (κ2) is 6.64. The lowest BCUT2D eigenvalue weighted by Crippen LogP contribution is -2.62. The maximum Gasteiger partial charge on any atom is 0.262 e. The molecule has 2 aliphatic rings. The van der Waals surface area contributed by atoms with Crippen LogP contribution in [0.3, 0.4) is 0 Å². The van der Waals surface area contributed by atoms with Gasteiger partial charge in [0, 0.05) is 44.3 Å². The Labute approximate surface area is 140 Å². The number of methoxy groups -OCH3 is 2. The molecule has 0 bridgehead atoms. The monoisotopic (exact) mass is 340 g/mol. The fourth-order valence-corrected chi connectivity index (χ4v) is 3.47. The van der Waals surface area contributed by atoms with Crippen molar-refractivity contribution < 1.29 is 23.0 Å². The standard InChI is InChI=1S/C17H22F2N2O3/c1-23-10-13-7-17(18,19)11-21(13)14-8-20(9-14)16(22)12-4-3-5-15(6-12)24-2/h3-6,13-14H,7-11H2,1-2H3/t13-/m0/s1. The molecule has 24 heavy (non-hydrogen) atoms. The number of hydrogen-bond donors (Lipinski definition) is 0. The van der Waals surface area contributed by atoms with Crippen molar-refractivity contribution in [3.05, 3.63) is 29.8 Å². The average molecular weight is 340 g/mol. The molecule has 0 aliphatic carbocycles. The minimum atomic E-state index is -2.68. The number of likely N-dealkylation sites (tertiary alicyclic amines) is 2. The van der Waals surface area contributed by atoms with Gasteiger partial charge in [0.2, 0.25) is 0 Å². The molecular formula is C17H22F2N2O3. The summed E-state index contributed by atoms with van der Waals surface area (Å²) >= 11 is 0. The van der Waals surface area contributed by atoms with E-state index in [0.29, 0.717) is 24.4 Å². The lowest BCUT2D eigenvalue weighted by atomic mass is 10.0. The summed E-state index contributed by atoms with van der Waals surface area (Å²) in [5.41, 5.74) is 0.549. The molecule has 0 radical (unpaired) electrons. The van der Waals surface area contributed by atoms with E-state index in [4.69, 9.17) is 9.47 Å². The topological polar surface area (TPSA) is 42.0 Å². The third-order valence-electron chi connectivity index (χ3n) is 4.71. The Morgan fingerprint density at radius 3 is 2.75 bits per heavy atom. The van der Waals surface area contributed by atoms with Crippen LogP contribution >= 0.6 is 0 Å². The molecule has 0 N–H and O–H groups in total. The Morgan fingerprint density at radius 1 is 1.33 bits per heavy atom. The zero-order valence-electron chi connectivity index (χ0n) is 13.9. The minimum Gasteiger partial charge on any atom is -0.497 e. The lowest BCUT2D eigenvalue weighted by Gasteiger charge is -2.45. The number of carbonyl (C=O) groups is 1. The lowest BCUT2D eigenvalue weighted by molar-refractivity contribution is -0.0136. The highest BCUT2D eigenvalue weighted by Crippen LogP contribution is 2.35. The summed E-state index contributed by atoms with van der Waals surface area (Å²) in [4.78, 5) is 15.9. The highest BCUT2D eigenvalue weighted by molar-refractivity contribution is 5.95. The van der Waals surface area contributed by atoms with Gasteiger partial charge >= 0.3 is 0 Å². The second-order valence-electron chi connectivity index (χ2n) is 6.44. The van der Waals surface area contributed by atoms with E-state index in [1.807, 2.05) is 0 Å². The van der Waals surface area contributed by atoms with Gasteiger partial charge in [-0.2, -0.15) is 0 Å². The molecule has 1 aromatic rings. The minimum absolute atomic E-state index is 0.0342. The molecule has 7 heteroatoms. The first kappa shape index (κ1) is 17.1. The van der Waals surface area contributed by atoms with Crippen LogP contribution in [-0.2, 0) is 4.74 Å². The Balaban J connectivity index is 1.61. The third-order valence-corrected chi connectivity index (χ3v) is 4.71. The quantitative estimate of drug-likeness (QED) is 0.821. The molecule has 132 valence electrons. The maximum absolute atomic E-state index is 13.7. The number of ether oxygens (including phenoxy) is 2. The smallest absolute Gasteiger partial charge is 0.262 e. The largest absolute Gasteiger partial charge is 0.497 e. The van der Waals surface area contributed by atoms with Crippen molar-refractivity contribution in [2.45, 2.75) is 24.4 Å². The van der Waals surface area contributed by atoms with Gasteiger partial charge in [0.1, 0.15) is 5.75 Å². The Bertz CT molecular complexity index is 605. The first-order valence-corrected chi connectivity index (χ1v) is 7.99. The fraction of sp³-hybridized carbons (Fsp3) is 0.588. The molecule has 3 rings (SSSR count). The molecule has 1 aromatic carbocycles. The molecule has 0 aromatic heterocycles. The molecule has 2 saturated heterocycles. The van der Waals surface area contributed by atoms with Gasteiger partial charge < -0.3 is 14.4 Å². The van der Waals surface area contributed by atoms with Crippen LogP contribution < -0.4 is 4.74 Å². The van der Waals surface area contributed by atoms with Crippen LogP contribution in [0.2, 0.25) is 0 Å². The third kappa shape index (κ3) is 3.37. The molecule has 0 unspecified atom stereocenters. The first-order valence-electron chi connectivity index (χ1n) is 7.99. The van der Waals surface area contributed by atoms with Gasteiger partial charge in [-0.05, 0) is 18.2 Å². The number of nitrogens with zero attached hydrogens (tertiary/aromatic N) is 2. The normalized spacial score (nSPS) is 24.0. The van der Waals surface area contributed by atoms with E-state index in [2.05, 4.69) is 0 Å². The summed E-state index contributed by atoms with van der Waals surface area (Å²) in [5.74, 6) is -2.16. The van der Waals surface area contributed by atoms with E-state index >= 15 is 0 Å². The number of benzene rings is 1. The summed E-state index contributed by atoms with van der Waals surface area (Å²) in [6.45, 7) is 0.960. The van der Waals surface area contributed by atoms with Gasteiger partial charge in [0.25, 0.3) is 11.8 Å². The molecule has 1 atom stereocenters. The van der Waals surface area contributed by atoms with Crippen LogP contribution in [0.15, 0.2) is 24.3 Å². The molecule has 2 aliphatic heterocycles. The van der Waals surface area contributed by atoms with Crippen LogP contribution in [0.1, 0.15) is 16.8 Å². The average Bonchev–Trinajstić information content (AvgIpc) is 2.80. The number of hydrogen-bond acceptors (Lipinski definition) is 4. The van der Waals surface area contributed by atoms with E-state index < -0.39 is 5.92 Å². The van der Waals surface area contributed by atoms with Crippen molar-refractivity contribution in [3.8, 4) is 5.75 Å². The molecule has 2 fully saturated rings. The second-order valence-corrected chi connectivity index (χ2v) is 6.44. The summed E-state index contributed by atoms with van der Waals surface area (Å²) in [6.07, 6.45) is -0.179. The Morgan fingerprint density at radius 2 is 2.08 bits per heavy atom. The molecule has 2 heterocycles. The van der Waals surface area contributed by atoms with E-state index in [-0.39, 0.29) is 37.6 Å². The zero-order valence-corrected chi connectivity index (χ0v) is 13.9. The summed E-state index contributed by atoms with van der Waals surface area (Å²) in [5, 5.41) is 0. The van der Waals surface area contributed by atoms with Crippen molar-refractivity contribution in [3.63, 3.8) is 0 Å². The first-order chi connectivity index (χ1) is 11.4. The number of alkyl halides is 2. The highest BCUT2D eigenvalue weighted by atomic mass is 19.3. The van der Waals surface area contributed by atoms with Gasteiger partial charge in [-0.25, -0.2) is 8.78 Å². The SMILES string of the molecule is COC[C@@H]1CC(F)(F)CN1C1CN(C(=O)c2cccc(OC)c2)C1. The summed E-state index contributed by atoms with van der Waals surface area (Å²) in [7, 11) is 3.07. The van der Waals surface area contributed by atoms with Gasteiger partial charge in [-0.15, -0.1) is 0 Å². The molecule has 1 amide bonds.